The van der Waals surface area contributed by atoms with Crippen molar-refractivity contribution < 1.29 is 52.4 Å². The van der Waals surface area contributed by atoms with Crippen molar-refractivity contribution in [2.24, 2.45) is 5.41 Å². The van der Waals surface area contributed by atoms with E-state index in [-0.39, 0.29) is 44.7 Å². The minimum atomic E-state index is -4.31. The van der Waals surface area contributed by atoms with E-state index in [4.69, 9.17) is 14.2 Å². The van der Waals surface area contributed by atoms with Gasteiger partial charge in [0.1, 0.15) is 11.6 Å². The number of carbonyl (C=O) groups excluding carboxylic acids is 5. The normalized spacial score (nSPS) is 21.3. The number of ketones is 2. The zero-order valence-electron chi connectivity index (χ0n) is 18.9. The maximum absolute atomic E-state index is 12.3. The number of phosphoric ester groups is 1. The third-order valence-corrected chi connectivity index (χ3v) is 6.29. The summed E-state index contributed by atoms with van der Waals surface area (Å²) in [5.41, 5.74) is -0.847. The molecular formula is C19H29N2O11PS. The van der Waals surface area contributed by atoms with Gasteiger partial charge in [-0.2, -0.15) is 0 Å². The van der Waals surface area contributed by atoms with E-state index in [2.05, 4.69) is 10.6 Å². The van der Waals surface area contributed by atoms with Gasteiger partial charge >= 0.3 is 13.8 Å². The van der Waals surface area contributed by atoms with Gasteiger partial charge in [0.15, 0.2) is 11.2 Å². The number of carboxylic acid groups (broad SMARTS) is 1. The second kappa shape index (κ2) is 13.7. The summed E-state index contributed by atoms with van der Waals surface area (Å²) in [6.45, 7) is 3.19. The number of rotatable bonds is 14. The van der Waals surface area contributed by atoms with Gasteiger partial charge in [0.05, 0.1) is 25.9 Å². The van der Waals surface area contributed by atoms with Crippen LogP contribution in [0.4, 0.5) is 0 Å². The van der Waals surface area contributed by atoms with Crippen molar-refractivity contribution in [2.45, 2.75) is 52.1 Å². The summed E-state index contributed by atoms with van der Waals surface area (Å²) in [4.78, 5) is 78.8. The van der Waals surface area contributed by atoms with Crippen LogP contribution >= 0.6 is 19.6 Å². The Morgan fingerprint density at radius 1 is 1.00 bits per heavy atom. The van der Waals surface area contributed by atoms with Crippen LogP contribution in [0.15, 0.2) is 0 Å². The standard InChI is InChI=1S/C19H29N2O11PS/c1-19(2)11-31-33(29,30)32-17(19)18(28)21-6-5-14(24)20-7-8-34-16(27)10-13(23)9-12(22)3-4-15(25)26/h17H,3-11H2,1-2H3,(H,20,24)(H,21,28)(H,25,26)(H,29,30)/t17-/m0/s1. The van der Waals surface area contributed by atoms with Crippen LogP contribution in [0.25, 0.3) is 0 Å². The first-order valence-electron chi connectivity index (χ1n) is 10.3. The molecule has 0 spiro atoms. The van der Waals surface area contributed by atoms with Gasteiger partial charge in [-0.05, 0) is 0 Å². The Bertz CT molecular complexity index is 861. The van der Waals surface area contributed by atoms with E-state index in [1.54, 1.807) is 13.8 Å². The SMILES string of the molecule is CC1(C)COP(=O)(O)O[C@H]1C(=O)NCCC(=O)NCCSC(=O)CC(=O)CC(=O)CCC(=O)O. The number of carbonyl (C=O) groups is 6. The molecule has 13 nitrogen and oxygen atoms in total. The van der Waals surface area contributed by atoms with Crippen LogP contribution in [0.5, 0.6) is 0 Å². The van der Waals surface area contributed by atoms with Crippen molar-refractivity contribution in [1.82, 2.24) is 10.6 Å². The number of hydrogen-bond donors (Lipinski definition) is 4. The summed E-state index contributed by atoms with van der Waals surface area (Å²) in [6, 6.07) is 0. The van der Waals surface area contributed by atoms with E-state index >= 15 is 0 Å². The Morgan fingerprint density at radius 2 is 1.68 bits per heavy atom. The fourth-order valence-electron chi connectivity index (χ4n) is 2.70. The zero-order valence-corrected chi connectivity index (χ0v) is 20.6. The molecule has 0 saturated carbocycles. The number of aliphatic carboxylic acids is 1. The molecule has 0 bridgehead atoms. The summed E-state index contributed by atoms with van der Waals surface area (Å²) in [7, 11) is -4.31. The van der Waals surface area contributed by atoms with Crippen molar-refractivity contribution in [3.63, 3.8) is 0 Å². The van der Waals surface area contributed by atoms with E-state index in [1.807, 2.05) is 0 Å². The summed E-state index contributed by atoms with van der Waals surface area (Å²) < 4.78 is 21.1. The van der Waals surface area contributed by atoms with Crippen LogP contribution in [0.3, 0.4) is 0 Å². The number of nitrogens with one attached hydrogen (secondary N) is 2. The maximum atomic E-state index is 12.3. The molecule has 1 saturated heterocycles. The van der Waals surface area contributed by atoms with Gasteiger partial charge in [0.25, 0.3) is 0 Å². The van der Waals surface area contributed by atoms with Crippen LogP contribution in [-0.2, 0) is 42.4 Å². The molecule has 0 aliphatic carbocycles. The lowest BCUT2D eigenvalue weighted by atomic mass is 9.87. The maximum Gasteiger partial charge on any atom is 0.472 e. The monoisotopic (exact) mass is 524 g/mol. The van der Waals surface area contributed by atoms with E-state index in [0.29, 0.717) is 0 Å². The van der Waals surface area contributed by atoms with Gasteiger partial charge in [-0.3, -0.25) is 37.8 Å². The molecule has 2 atom stereocenters. The lowest BCUT2D eigenvalue weighted by molar-refractivity contribution is -0.141. The largest absolute Gasteiger partial charge is 0.481 e. The molecule has 15 heteroatoms. The van der Waals surface area contributed by atoms with Gasteiger partial charge in [0.2, 0.25) is 11.8 Å². The van der Waals surface area contributed by atoms with Gasteiger partial charge in [-0.1, -0.05) is 25.6 Å². The van der Waals surface area contributed by atoms with Gasteiger partial charge in [-0.25, -0.2) is 4.57 Å². The smallest absolute Gasteiger partial charge is 0.472 e. The first kappa shape index (κ1) is 29.9. The van der Waals surface area contributed by atoms with E-state index in [1.165, 1.54) is 0 Å². The molecule has 0 aromatic carbocycles. The van der Waals surface area contributed by atoms with E-state index in [9.17, 15) is 38.2 Å². The second-order valence-corrected chi connectivity index (χ2v) is 10.7. The third-order valence-electron chi connectivity index (χ3n) is 4.48. The molecule has 1 fully saturated rings. The summed E-state index contributed by atoms with van der Waals surface area (Å²) in [5.74, 6) is -3.15. The minimum Gasteiger partial charge on any atom is -0.481 e. The molecular weight excluding hydrogens is 495 g/mol. The summed E-state index contributed by atoms with van der Waals surface area (Å²) >= 11 is 0.811. The van der Waals surface area contributed by atoms with Crippen LogP contribution < -0.4 is 10.6 Å². The van der Waals surface area contributed by atoms with Crippen molar-refractivity contribution in [3.05, 3.63) is 0 Å². The van der Waals surface area contributed by atoms with Crippen LogP contribution in [-0.4, -0.2) is 76.0 Å². The van der Waals surface area contributed by atoms with Crippen molar-refractivity contribution in [1.29, 1.82) is 0 Å². The lowest BCUT2D eigenvalue weighted by Crippen LogP contribution is -2.49. The Balaban J connectivity index is 2.20. The Labute approximate surface area is 200 Å². The highest BCUT2D eigenvalue weighted by molar-refractivity contribution is 8.13. The highest BCUT2D eigenvalue weighted by Crippen LogP contribution is 2.52. The van der Waals surface area contributed by atoms with Crippen molar-refractivity contribution in [2.75, 3.05) is 25.4 Å². The molecule has 0 radical (unpaired) electrons. The highest BCUT2D eigenvalue weighted by atomic mass is 32.2. The second-order valence-electron chi connectivity index (χ2n) is 8.15. The molecule has 1 aliphatic rings. The molecule has 1 heterocycles. The molecule has 0 aromatic rings. The fraction of sp³-hybridized carbons (Fsp3) is 0.684. The van der Waals surface area contributed by atoms with Crippen LogP contribution in [0, 0.1) is 5.41 Å². The molecule has 34 heavy (non-hydrogen) atoms. The van der Waals surface area contributed by atoms with E-state index < -0.39 is 66.6 Å². The first-order chi connectivity index (χ1) is 15.7. The molecule has 2 amide bonds. The lowest BCUT2D eigenvalue weighted by Gasteiger charge is -2.38. The highest BCUT2D eigenvalue weighted by Gasteiger charge is 2.47. The Hall–Kier alpha value is -2.12. The van der Waals surface area contributed by atoms with Crippen molar-refractivity contribution >= 4 is 54.1 Å². The van der Waals surface area contributed by atoms with Gasteiger partial charge in [0, 0.05) is 37.1 Å². The third kappa shape index (κ3) is 11.8. The fourth-order valence-corrected chi connectivity index (χ4v) is 4.60. The molecule has 192 valence electrons. The summed E-state index contributed by atoms with van der Waals surface area (Å²) in [5, 5.41) is 13.0. The van der Waals surface area contributed by atoms with Crippen LogP contribution in [0.2, 0.25) is 0 Å². The zero-order chi connectivity index (χ0) is 25.9. The Morgan fingerprint density at radius 3 is 2.32 bits per heavy atom. The van der Waals surface area contributed by atoms with Gasteiger partial charge < -0.3 is 20.6 Å². The summed E-state index contributed by atoms with van der Waals surface area (Å²) in [6.07, 6.45) is -2.90. The van der Waals surface area contributed by atoms with Crippen LogP contribution in [0.1, 0.15) is 46.0 Å². The number of amides is 2. The minimum absolute atomic E-state index is 0.0479. The molecule has 1 rings (SSSR count). The predicted molar refractivity (Wildman–Crippen MR) is 119 cm³/mol. The molecule has 1 unspecified atom stereocenters. The average molecular weight is 524 g/mol. The quantitative estimate of drug-likeness (QED) is 0.137. The van der Waals surface area contributed by atoms with E-state index in [0.717, 1.165) is 11.8 Å². The van der Waals surface area contributed by atoms with Crippen molar-refractivity contribution in [3.8, 4) is 0 Å². The molecule has 1 aliphatic heterocycles. The number of phosphoric acid groups is 1. The topological polar surface area (TPSA) is 202 Å². The average Bonchev–Trinajstić information content (AvgIpc) is 2.71. The number of thioether (sulfide) groups is 1. The first-order valence-corrected chi connectivity index (χ1v) is 12.8. The number of hydrogen-bond acceptors (Lipinski definition) is 10. The molecule has 4 N–H and O–H groups in total. The number of carboxylic acids is 1. The number of Topliss-reactive ketones (excluding diaryl/α,β-unsaturated/α-hetero) is 2. The Kier molecular flexibility index (Phi) is 12.0. The molecule has 0 aromatic heterocycles. The predicted octanol–water partition coefficient (Wildman–Crippen LogP) is 0.194. The van der Waals surface area contributed by atoms with Gasteiger partial charge in [-0.15, -0.1) is 0 Å².